The van der Waals surface area contributed by atoms with Gasteiger partial charge in [-0.2, -0.15) is 0 Å². The second kappa shape index (κ2) is 4.31. The molecule has 0 unspecified atom stereocenters. The van der Waals surface area contributed by atoms with E-state index in [1.165, 1.54) is 10.6 Å². The van der Waals surface area contributed by atoms with Crippen LogP contribution in [0.15, 0.2) is 24.3 Å². The van der Waals surface area contributed by atoms with Crippen molar-refractivity contribution in [2.75, 3.05) is 17.2 Å². The van der Waals surface area contributed by atoms with Crippen LogP contribution in [0.4, 0.5) is 5.69 Å². The van der Waals surface area contributed by atoms with Crippen LogP contribution >= 0.6 is 0 Å². The third-order valence-electron chi connectivity index (χ3n) is 3.36. The summed E-state index contributed by atoms with van der Waals surface area (Å²) in [7, 11) is -3.31. The van der Waals surface area contributed by atoms with Crippen molar-refractivity contribution in [1.29, 1.82) is 0 Å². The van der Waals surface area contributed by atoms with Gasteiger partial charge < -0.3 is 5.11 Å². The number of para-hydroxylation sites is 1. The van der Waals surface area contributed by atoms with Crippen LogP contribution in [-0.4, -0.2) is 32.4 Å². The number of rotatable bonds is 2. The monoisotopic (exact) mass is 255 g/mol. The van der Waals surface area contributed by atoms with Gasteiger partial charge in [0.1, 0.15) is 0 Å². The highest BCUT2D eigenvalue weighted by molar-refractivity contribution is 7.92. The molecule has 1 aliphatic rings. The summed E-state index contributed by atoms with van der Waals surface area (Å²) in [6, 6.07) is 7.26. The lowest BCUT2D eigenvalue weighted by Gasteiger charge is -2.39. The lowest BCUT2D eigenvalue weighted by molar-refractivity contribution is 0.205. The van der Waals surface area contributed by atoms with Gasteiger partial charge in [0.15, 0.2) is 0 Å². The molecule has 2 rings (SSSR count). The number of hydrogen-bond donors (Lipinski definition) is 1. The van der Waals surface area contributed by atoms with Crippen molar-refractivity contribution < 1.29 is 13.5 Å². The zero-order valence-corrected chi connectivity index (χ0v) is 10.8. The quantitative estimate of drug-likeness (QED) is 0.858. The summed E-state index contributed by atoms with van der Waals surface area (Å²) in [6.07, 6.45) is 1.93. The molecule has 0 saturated carbocycles. The van der Waals surface area contributed by atoms with E-state index >= 15 is 0 Å². The summed E-state index contributed by atoms with van der Waals surface area (Å²) in [5.41, 5.74) is 1.72. The fraction of sp³-hybridized carbons (Fsp3) is 0.500. The Kier molecular flexibility index (Phi) is 3.14. The van der Waals surface area contributed by atoms with Gasteiger partial charge in [0.2, 0.25) is 10.0 Å². The van der Waals surface area contributed by atoms with Crippen molar-refractivity contribution in [3.8, 4) is 0 Å². The number of fused-ring (bicyclic) bond motifs is 1. The Morgan fingerprint density at radius 2 is 2.06 bits per heavy atom. The van der Waals surface area contributed by atoms with Gasteiger partial charge in [-0.3, -0.25) is 4.31 Å². The van der Waals surface area contributed by atoms with Gasteiger partial charge in [0.25, 0.3) is 0 Å². The molecular formula is C12H17NO3S. The number of benzene rings is 1. The summed E-state index contributed by atoms with van der Waals surface area (Å²) in [4.78, 5) is 0. The van der Waals surface area contributed by atoms with Gasteiger partial charge in [0, 0.05) is 18.6 Å². The van der Waals surface area contributed by atoms with Gasteiger partial charge in [-0.15, -0.1) is 0 Å². The molecule has 94 valence electrons. The number of aliphatic hydroxyl groups excluding tert-OH is 1. The average molecular weight is 255 g/mol. The second-order valence-corrected chi connectivity index (χ2v) is 6.43. The Hall–Kier alpha value is -1.07. The van der Waals surface area contributed by atoms with E-state index in [0.29, 0.717) is 0 Å². The number of anilines is 1. The fourth-order valence-corrected chi connectivity index (χ4v) is 3.77. The van der Waals surface area contributed by atoms with Crippen LogP contribution in [0.25, 0.3) is 0 Å². The predicted molar refractivity (Wildman–Crippen MR) is 67.5 cm³/mol. The normalized spacial score (nSPS) is 24.5. The van der Waals surface area contributed by atoms with Crippen LogP contribution in [0.5, 0.6) is 0 Å². The van der Waals surface area contributed by atoms with Crippen molar-refractivity contribution in [2.45, 2.75) is 19.4 Å². The Morgan fingerprint density at radius 3 is 2.65 bits per heavy atom. The average Bonchev–Trinajstić information content (AvgIpc) is 2.26. The van der Waals surface area contributed by atoms with E-state index in [1.54, 1.807) is 0 Å². The molecule has 0 bridgehead atoms. The number of hydrogen-bond acceptors (Lipinski definition) is 3. The Bertz CT molecular complexity index is 512. The van der Waals surface area contributed by atoms with E-state index in [-0.39, 0.29) is 18.6 Å². The summed E-state index contributed by atoms with van der Waals surface area (Å²) in [6.45, 7) is 1.85. The molecule has 1 heterocycles. The van der Waals surface area contributed by atoms with Gasteiger partial charge in [-0.05, 0) is 25.0 Å². The molecule has 0 fully saturated rings. The van der Waals surface area contributed by atoms with Crippen LogP contribution in [0, 0.1) is 5.92 Å². The molecule has 0 radical (unpaired) electrons. The molecule has 1 aromatic rings. The summed E-state index contributed by atoms with van der Waals surface area (Å²) in [5, 5.41) is 9.35. The van der Waals surface area contributed by atoms with E-state index < -0.39 is 10.0 Å². The standard InChI is InChI=1S/C12H17NO3S/c1-9-11(8-14)7-10-5-3-4-6-12(10)13(9)17(2,15)16/h3-6,9,11,14H,7-8H2,1-2H3/t9-,11+/m1/s1. The molecule has 0 saturated heterocycles. The molecular weight excluding hydrogens is 238 g/mol. The van der Waals surface area contributed by atoms with E-state index in [0.717, 1.165) is 17.7 Å². The number of sulfonamides is 1. The van der Waals surface area contributed by atoms with Crippen molar-refractivity contribution in [1.82, 2.24) is 0 Å². The smallest absolute Gasteiger partial charge is 0.232 e. The molecule has 0 spiro atoms. The van der Waals surface area contributed by atoms with Crippen molar-refractivity contribution >= 4 is 15.7 Å². The van der Waals surface area contributed by atoms with Crippen LogP contribution in [0.2, 0.25) is 0 Å². The van der Waals surface area contributed by atoms with Crippen LogP contribution in [0.1, 0.15) is 12.5 Å². The zero-order valence-electron chi connectivity index (χ0n) is 10.00. The number of aliphatic hydroxyl groups is 1. The third kappa shape index (κ3) is 2.17. The Morgan fingerprint density at radius 1 is 1.41 bits per heavy atom. The highest BCUT2D eigenvalue weighted by Crippen LogP contribution is 2.35. The minimum Gasteiger partial charge on any atom is -0.396 e. The lowest BCUT2D eigenvalue weighted by Crippen LogP contribution is -2.47. The minimum atomic E-state index is -3.31. The molecule has 1 aromatic carbocycles. The van der Waals surface area contributed by atoms with Crippen molar-refractivity contribution in [3.05, 3.63) is 29.8 Å². The topological polar surface area (TPSA) is 57.6 Å². The molecule has 0 aromatic heterocycles. The predicted octanol–water partition coefficient (Wildman–Crippen LogP) is 1.01. The Labute approximate surface area is 102 Å². The summed E-state index contributed by atoms with van der Waals surface area (Å²) < 4.78 is 25.2. The largest absolute Gasteiger partial charge is 0.396 e. The maximum atomic E-state index is 11.9. The maximum absolute atomic E-state index is 11.9. The fourth-order valence-electron chi connectivity index (χ4n) is 2.46. The molecule has 2 atom stereocenters. The first-order valence-electron chi connectivity index (χ1n) is 5.63. The van der Waals surface area contributed by atoms with E-state index in [2.05, 4.69) is 0 Å². The summed E-state index contributed by atoms with van der Waals surface area (Å²) >= 11 is 0. The van der Waals surface area contributed by atoms with Gasteiger partial charge in [-0.25, -0.2) is 8.42 Å². The molecule has 0 aliphatic carbocycles. The van der Waals surface area contributed by atoms with Crippen LogP contribution < -0.4 is 4.31 Å². The van der Waals surface area contributed by atoms with Crippen molar-refractivity contribution in [2.24, 2.45) is 5.92 Å². The maximum Gasteiger partial charge on any atom is 0.232 e. The van der Waals surface area contributed by atoms with E-state index in [9.17, 15) is 13.5 Å². The first-order valence-corrected chi connectivity index (χ1v) is 7.48. The molecule has 5 heteroatoms. The van der Waals surface area contributed by atoms with E-state index in [4.69, 9.17) is 0 Å². The molecule has 0 amide bonds. The second-order valence-electron chi connectivity index (χ2n) is 4.57. The molecule has 17 heavy (non-hydrogen) atoms. The lowest BCUT2D eigenvalue weighted by atomic mass is 9.89. The zero-order chi connectivity index (χ0) is 12.6. The molecule has 1 N–H and O–H groups in total. The van der Waals surface area contributed by atoms with Gasteiger partial charge in [0.05, 0.1) is 11.9 Å². The SMILES string of the molecule is C[C@@H]1[C@H](CO)Cc2ccccc2N1S(C)(=O)=O. The molecule has 1 aliphatic heterocycles. The molecule has 4 nitrogen and oxygen atoms in total. The van der Waals surface area contributed by atoms with E-state index in [1.807, 2.05) is 31.2 Å². The highest BCUT2D eigenvalue weighted by atomic mass is 32.2. The summed E-state index contributed by atoms with van der Waals surface area (Å²) in [5.74, 6) is -0.0420. The highest BCUT2D eigenvalue weighted by Gasteiger charge is 2.35. The number of nitrogens with zero attached hydrogens (tertiary/aromatic N) is 1. The Balaban J connectivity index is 2.56. The first kappa shape index (κ1) is 12.4. The van der Waals surface area contributed by atoms with Crippen LogP contribution in [0.3, 0.4) is 0 Å². The minimum absolute atomic E-state index is 0.00151. The van der Waals surface area contributed by atoms with Gasteiger partial charge in [-0.1, -0.05) is 18.2 Å². The van der Waals surface area contributed by atoms with Crippen LogP contribution in [-0.2, 0) is 16.4 Å². The third-order valence-corrected chi connectivity index (χ3v) is 4.60. The first-order chi connectivity index (χ1) is 7.95. The van der Waals surface area contributed by atoms with Gasteiger partial charge >= 0.3 is 0 Å². The van der Waals surface area contributed by atoms with Crippen molar-refractivity contribution in [3.63, 3.8) is 0 Å².